The van der Waals surface area contributed by atoms with Crippen LogP contribution in [0.15, 0.2) is 52.9 Å². The van der Waals surface area contributed by atoms with Gasteiger partial charge < -0.3 is 30.3 Å². The van der Waals surface area contributed by atoms with Gasteiger partial charge in [-0.15, -0.1) is 0 Å². The lowest BCUT2D eigenvalue weighted by molar-refractivity contribution is -0.505. The molecule has 0 radical (unpaired) electrons. The molecule has 2 aromatic carbocycles. The average Bonchev–Trinajstić information content (AvgIpc) is 3.32. The number of hydrogen-bond acceptors (Lipinski definition) is 9. The Morgan fingerprint density at radius 3 is 2.35 bits per heavy atom. The number of phenolic OH excluding ortho intramolecular Hbond substituents is 1. The van der Waals surface area contributed by atoms with E-state index in [0.717, 1.165) is 21.7 Å². The molecular formula is C25H30ClN3O6S2. The maximum absolute atomic E-state index is 11.0. The molecular weight excluding hydrogens is 538 g/mol. The topological polar surface area (TPSA) is 164 Å². The van der Waals surface area contributed by atoms with Crippen molar-refractivity contribution in [2.24, 2.45) is 5.73 Å². The lowest BCUT2D eigenvalue weighted by Crippen LogP contribution is -2.83. The van der Waals surface area contributed by atoms with Crippen LogP contribution in [0.1, 0.15) is 33.3 Å². The van der Waals surface area contributed by atoms with Crippen LogP contribution in [0.5, 0.6) is 5.75 Å². The number of carboxylic acids is 2. The van der Waals surface area contributed by atoms with Gasteiger partial charge in [0.25, 0.3) is 5.35 Å². The van der Waals surface area contributed by atoms with E-state index >= 15 is 0 Å². The number of rotatable bonds is 5. The van der Waals surface area contributed by atoms with E-state index in [2.05, 4.69) is 22.6 Å². The van der Waals surface area contributed by atoms with E-state index in [4.69, 9.17) is 26.9 Å². The number of phenols is 1. The summed E-state index contributed by atoms with van der Waals surface area (Å²) >= 11 is 11.0. The molecule has 0 unspecified atom stereocenters. The largest absolute Gasteiger partial charge is 0.543 e. The number of oxazole rings is 1. The Kier molecular flexibility index (Phi) is 10.5. The molecule has 0 amide bonds. The van der Waals surface area contributed by atoms with Crippen molar-refractivity contribution in [3.05, 3.63) is 59.4 Å². The third-order valence-corrected chi connectivity index (χ3v) is 6.97. The molecule has 2 heterocycles. The van der Waals surface area contributed by atoms with Crippen LogP contribution in [-0.4, -0.2) is 53.8 Å². The summed E-state index contributed by atoms with van der Waals surface area (Å²) < 4.78 is 3.93. The van der Waals surface area contributed by atoms with Gasteiger partial charge >= 0.3 is 5.97 Å². The third kappa shape index (κ3) is 8.96. The average molecular weight is 568 g/mol. The lowest BCUT2D eigenvalue weighted by Gasteiger charge is -2.21. The molecule has 37 heavy (non-hydrogen) atoms. The van der Waals surface area contributed by atoms with Crippen LogP contribution in [0.25, 0.3) is 11.1 Å². The van der Waals surface area contributed by atoms with E-state index < -0.39 is 33.5 Å². The second kappa shape index (κ2) is 12.7. The number of fused-ring (bicyclic) bond motifs is 1. The zero-order valence-electron chi connectivity index (χ0n) is 20.8. The number of halogens is 1. The highest BCUT2D eigenvalue weighted by Crippen LogP contribution is 2.31. The van der Waals surface area contributed by atoms with Gasteiger partial charge in [-0.25, -0.2) is 4.99 Å². The van der Waals surface area contributed by atoms with Crippen molar-refractivity contribution < 1.29 is 34.3 Å². The fourth-order valence-electron chi connectivity index (χ4n) is 3.15. The number of para-hydroxylation sites is 3. The molecule has 0 spiro atoms. The second-order valence-corrected chi connectivity index (χ2v) is 12.5. The van der Waals surface area contributed by atoms with E-state index in [0.29, 0.717) is 6.42 Å². The standard InChI is InChI=1S/C13H15NO3S.C7H4ClNO.C5H11NO2S/c1-13(2)11(12(16)17)14-10(18-13)7-8-5-3-4-6-9(8)15;8-7-9-5-3-1-2-4-6(5)10-7;1-5(2,9)3(6)4(7)8/h3-6,11,15H,7H2,1-2H3,(H,16,17);1-4H;3,9H,6H2,1-2H3,(H,7,8)/t11-;;3-/m1.1/s1. The van der Waals surface area contributed by atoms with Crippen molar-refractivity contribution in [1.82, 2.24) is 4.98 Å². The number of aliphatic carboxylic acids is 2. The van der Waals surface area contributed by atoms with Gasteiger partial charge in [0.1, 0.15) is 23.3 Å². The molecule has 200 valence electrons. The monoisotopic (exact) mass is 567 g/mol. The molecule has 4 rings (SSSR count). The molecule has 1 aliphatic heterocycles. The first-order chi connectivity index (χ1) is 17.1. The minimum absolute atomic E-state index is 0.196. The van der Waals surface area contributed by atoms with Crippen LogP contribution in [0.2, 0.25) is 5.35 Å². The van der Waals surface area contributed by atoms with E-state index in [1.54, 1.807) is 26.0 Å². The van der Waals surface area contributed by atoms with E-state index in [9.17, 15) is 19.8 Å². The van der Waals surface area contributed by atoms with Crippen molar-refractivity contribution in [3.63, 3.8) is 0 Å². The first-order valence-electron chi connectivity index (χ1n) is 11.1. The van der Waals surface area contributed by atoms with Crippen molar-refractivity contribution in [1.29, 1.82) is 0 Å². The molecule has 3 aromatic rings. The van der Waals surface area contributed by atoms with Gasteiger partial charge in [-0.2, -0.15) is 17.6 Å². The van der Waals surface area contributed by atoms with Crippen molar-refractivity contribution >= 4 is 64.1 Å². The van der Waals surface area contributed by atoms with Crippen molar-refractivity contribution in [2.45, 2.75) is 55.7 Å². The Morgan fingerprint density at radius 1 is 1.27 bits per heavy atom. The second-order valence-electron chi connectivity index (χ2n) is 9.23. The zero-order chi connectivity index (χ0) is 28.0. The van der Waals surface area contributed by atoms with Crippen LogP contribution >= 0.6 is 36.0 Å². The van der Waals surface area contributed by atoms with Gasteiger partial charge in [0, 0.05) is 10.3 Å². The van der Waals surface area contributed by atoms with Crippen LogP contribution < -0.4 is 15.8 Å². The highest BCUT2D eigenvalue weighted by Gasteiger charge is 2.44. The molecule has 0 aliphatic carbocycles. The molecule has 0 saturated heterocycles. The summed E-state index contributed by atoms with van der Waals surface area (Å²) in [5.74, 6) is -1.89. The molecule has 5 N–H and O–H groups in total. The molecule has 0 fully saturated rings. The number of hydrogen-bond donors (Lipinski definition) is 5. The minimum atomic E-state index is -1.10. The lowest BCUT2D eigenvalue weighted by atomic mass is 10.0. The molecule has 2 atom stereocenters. The highest BCUT2D eigenvalue weighted by atomic mass is 35.5. The van der Waals surface area contributed by atoms with Crippen LogP contribution in [-0.2, 0) is 16.0 Å². The van der Waals surface area contributed by atoms with Gasteiger partial charge in [-0.1, -0.05) is 30.3 Å². The number of carboxylic acid groups (broad SMARTS) is 2. The van der Waals surface area contributed by atoms with Gasteiger partial charge in [-0.05, 0) is 69.3 Å². The summed E-state index contributed by atoms with van der Waals surface area (Å²) in [6.07, 6.45) is 0.505. The maximum Gasteiger partial charge on any atom is 0.321 e. The smallest absolute Gasteiger partial charge is 0.321 e. The Labute approximate surface area is 229 Å². The Morgan fingerprint density at radius 2 is 1.86 bits per heavy atom. The number of nitrogens with one attached hydrogen (secondary N) is 1. The summed E-state index contributed by atoms with van der Waals surface area (Å²) in [5, 5.41) is 30.1. The predicted octanol–water partition coefficient (Wildman–Crippen LogP) is 1.65. The molecule has 0 saturated carbocycles. The number of carbonyl (C=O) groups is 2. The number of benzene rings is 2. The number of aromatic nitrogens is 1. The zero-order valence-corrected chi connectivity index (χ0v) is 23.2. The normalized spacial score (nSPS) is 17.1. The van der Waals surface area contributed by atoms with E-state index in [1.807, 2.05) is 50.2 Å². The number of thioether (sulfide) groups is 1. The number of carbonyl (C=O) groups excluding carboxylic acids is 1. The summed E-state index contributed by atoms with van der Waals surface area (Å²) in [7, 11) is 0. The SMILES string of the molecule is CC(C)(S)[C@H](N)C(=O)O.CC1(C)SC(Cc2ccccc2O)=[NH+][C@@H]1C(=O)[O-].Clc1nc2ccccc2o1. The summed E-state index contributed by atoms with van der Waals surface area (Å²) in [4.78, 5) is 28.1. The quantitative estimate of drug-likeness (QED) is 0.288. The van der Waals surface area contributed by atoms with Crippen molar-refractivity contribution in [2.75, 3.05) is 0 Å². The number of aromatic hydroxyl groups is 1. The van der Waals surface area contributed by atoms with Crippen LogP contribution in [0.4, 0.5) is 0 Å². The van der Waals surface area contributed by atoms with Crippen LogP contribution in [0.3, 0.4) is 0 Å². The molecule has 0 bridgehead atoms. The fraction of sp³-hybridized carbons (Fsp3) is 0.360. The van der Waals surface area contributed by atoms with E-state index in [-0.39, 0.29) is 11.1 Å². The molecule has 1 aliphatic rings. The maximum atomic E-state index is 11.0. The molecule has 1 aromatic heterocycles. The Hall–Kier alpha value is -2.73. The predicted molar refractivity (Wildman–Crippen MR) is 146 cm³/mol. The highest BCUT2D eigenvalue weighted by molar-refractivity contribution is 8.15. The summed E-state index contributed by atoms with van der Waals surface area (Å²) in [6, 6.07) is 12.9. The number of nitrogens with two attached hydrogens (primary N) is 1. The molecule has 9 nitrogen and oxygen atoms in total. The number of thiol groups is 1. The van der Waals surface area contributed by atoms with Gasteiger partial charge in [-0.3, -0.25) is 4.79 Å². The van der Waals surface area contributed by atoms with Crippen molar-refractivity contribution in [3.8, 4) is 5.75 Å². The van der Waals surface area contributed by atoms with E-state index in [1.165, 1.54) is 11.8 Å². The first-order valence-corrected chi connectivity index (χ1v) is 12.8. The Bertz CT molecular complexity index is 1240. The summed E-state index contributed by atoms with van der Waals surface area (Å²) in [6.45, 7) is 7.05. The Balaban J connectivity index is 0.000000214. The summed E-state index contributed by atoms with van der Waals surface area (Å²) in [5.41, 5.74) is 7.53. The first kappa shape index (κ1) is 30.5. The fourth-order valence-corrected chi connectivity index (χ4v) is 4.75. The van der Waals surface area contributed by atoms with Gasteiger partial charge in [0.15, 0.2) is 5.58 Å². The third-order valence-electron chi connectivity index (χ3n) is 5.26. The van der Waals surface area contributed by atoms with Gasteiger partial charge in [0.05, 0.1) is 11.2 Å². The van der Waals surface area contributed by atoms with Gasteiger partial charge in [0.2, 0.25) is 11.1 Å². The molecule has 12 heteroatoms. The number of nitrogens with zero attached hydrogens (tertiary/aromatic N) is 1. The minimum Gasteiger partial charge on any atom is -0.543 e. The van der Waals surface area contributed by atoms with Crippen LogP contribution in [0, 0.1) is 0 Å².